The van der Waals surface area contributed by atoms with Crippen LogP contribution in [0.3, 0.4) is 0 Å². The second kappa shape index (κ2) is 14.3. The summed E-state index contributed by atoms with van der Waals surface area (Å²) in [4.78, 5) is 16.9. The molecule has 0 spiro atoms. The largest absolute Gasteiger partial charge is 2.00 e. The number of halogens is 1. The molecule has 0 aromatic carbocycles. The van der Waals surface area contributed by atoms with Crippen LogP contribution >= 0.6 is 0 Å². The minimum atomic E-state index is 0. The topological polar surface area (TPSA) is 103 Å². The van der Waals surface area contributed by atoms with Crippen molar-refractivity contribution in [1.82, 2.24) is 40.3 Å². The third-order valence-corrected chi connectivity index (χ3v) is 5.04. The molecule has 6 heterocycles. The summed E-state index contributed by atoms with van der Waals surface area (Å²) in [5.41, 5.74) is 6.31. The summed E-state index contributed by atoms with van der Waals surface area (Å²) < 4.78 is 0. The first-order valence-corrected chi connectivity index (χ1v) is 11.2. The Balaban J connectivity index is 0.000000200. The van der Waals surface area contributed by atoms with Gasteiger partial charge >= 0.3 is 17.1 Å². The molecular weight excluding hydrogens is 547 g/mol. The Morgan fingerprint density at radius 1 is 0.289 bits per heavy atom. The summed E-state index contributed by atoms with van der Waals surface area (Å²) in [5.74, 6) is 0. The van der Waals surface area contributed by atoms with Gasteiger partial charge < -0.3 is 12.4 Å². The van der Waals surface area contributed by atoms with Gasteiger partial charge in [0.2, 0.25) is 0 Å². The number of rotatable bonds is 4. The molecule has 0 N–H and O–H groups in total. The molecule has 0 atom stereocenters. The van der Waals surface area contributed by atoms with Gasteiger partial charge in [0.25, 0.3) is 0 Å². The molecule has 189 valence electrons. The maximum Gasteiger partial charge on any atom is 2.00 e. The molecule has 0 aliphatic heterocycles. The van der Waals surface area contributed by atoms with Crippen LogP contribution < -0.4 is 12.4 Å². The van der Waals surface area contributed by atoms with Gasteiger partial charge in [-0.25, -0.2) is 0 Å². The fourth-order valence-electron chi connectivity index (χ4n) is 3.27. The van der Waals surface area contributed by atoms with E-state index in [0.29, 0.717) is 0 Å². The van der Waals surface area contributed by atoms with E-state index in [0.717, 1.165) is 45.6 Å². The average Bonchev–Trinajstić information content (AvgIpc) is 2.99. The van der Waals surface area contributed by atoms with Gasteiger partial charge in [-0.15, -0.1) is 20.4 Å². The van der Waals surface area contributed by atoms with Crippen LogP contribution in [0.4, 0.5) is 0 Å². The van der Waals surface area contributed by atoms with Crippen LogP contribution in [0.25, 0.3) is 45.6 Å². The zero-order chi connectivity index (χ0) is 24.4. The molecule has 38 heavy (non-hydrogen) atoms. The van der Waals surface area contributed by atoms with E-state index in [1.165, 1.54) is 0 Å². The molecule has 0 aliphatic carbocycles. The van der Waals surface area contributed by atoms with Crippen LogP contribution in [0.15, 0.2) is 122 Å². The van der Waals surface area contributed by atoms with Crippen molar-refractivity contribution in [3.8, 4) is 45.6 Å². The van der Waals surface area contributed by atoms with E-state index in [4.69, 9.17) is 0 Å². The van der Waals surface area contributed by atoms with Gasteiger partial charge in [0.05, 0.1) is 22.8 Å². The van der Waals surface area contributed by atoms with E-state index >= 15 is 0 Å². The van der Waals surface area contributed by atoms with Crippen LogP contribution in [0, 0.1) is 0 Å². The Labute approximate surface area is 236 Å². The summed E-state index contributed by atoms with van der Waals surface area (Å²) in [6.07, 6.45) is 6.96. The van der Waals surface area contributed by atoms with E-state index < -0.39 is 0 Å². The van der Waals surface area contributed by atoms with E-state index in [9.17, 15) is 0 Å². The van der Waals surface area contributed by atoms with Crippen molar-refractivity contribution in [2.45, 2.75) is 0 Å². The van der Waals surface area contributed by atoms with Gasteiger partial charge in [-0.05, 0) is 72.8 Å². The van der Waals surface area contributed by atoms with Crippen molar-refractivity contribution >= 4 is 0 Å². The smallest absolute Gasteiger partial charge is 1.00 e. The molecule has 0 saturated heterocycles. The summed E-state index contributed by atoms with van der Waals surface area (Å²) in [5, 5.41) is 16.7. The van der Waals surface area contributed by atoms with Gasteiger partial charge in [0.15, 0.2) is 0 Å². The van der Waals surface area contributed by atoms with Gasteiger partial charge in [0, 0.05) is 24.8 Å². The zero-order valence-corrected chi connectivity index (χ0v) is 21.5. The number of pyridine rings is 4. The van der Waals surface area contributed by atoms with E-state index in [-0.39, 0.29) is 29.5 Å². The number of hydrogen-bond donors (Lipinski definition) is 0. The quantitative estimate of drug-likeness (QED) is 0.299. The molecule has 6 rings (SSSR count). The standard InChI is InChI=1S/2C14H10N4.ClH.Cu/c2*1-3-9-15-11(5-1)13-7-8-14(18-17-13)12-6-2-4-10-16-12;;/h2*1-10H;1H;/q;;;+2/p-1. The number of aromatic nitrogens is 8. The predicted molar refractivity (Wildman–Crippen MR) is 137 cm³/mol. The third-order valence-electron chi connectivity index (χ3n) is 5.04. The van der Waals surface area contributed by atoms with Crippen LogP contribution in [0.5, 0.6) is 0 Å². The van der Waals surface area contributed by atoms with E-state index in [2.05, 4.69) is 40.3 Å². The molecule has 10 heteroatoms. The summed E-state index contributed by atoms with van der Waals surface area (Å²) >= 11 is 0. The van der Waals surface area contributed by atoms with Crippen LogP contribution in [-0.2, 0) is 17.1 Å². The Bertz CT molecular complexity index is 1260. The fourth-order valence-corrected chi connectivity index (χ4v) is 3.27. The minimum absolute atomic E-state index is 0. The second-order valence-corrected chi connectivity index (χ2v) is 7.47. The first-order chi connectivity index (χ1) is 17.9. The number of nitrogens with zero attached hydrogens (tertiary/aromatic N) is 8. The Hall–Kier alpha value is -4.43. The van der Waals surface area contributed by atoms with E-state index in [1.807, 2.05) is 97.1 Å². The Kier molecular flexibility index (Phi) is 10.6. The summed E-state index contributed by atoms with van der Waals surface area (Å²) in [6, 6.07) is 30.4. The van der Waals surface area contributed by atoms with Gasteiger partial charge in [-0.3, -0.25) is 19.9 Å². The monoisotopic (exact) mass is 566 g/mol. The molecule has 0 bridgehead atoms. The fraction of sp³-hybridized carbons (Fsp3) is 0. The second-order valence-electron chi connectivity index (χ2n) is 7.47. The first-order valence-electron chi connectivity index (χ1n) is 11.2. The third kappa shape index (κ3) is 7.30. The zero-order valence-electron chi connectivity index (χ0n) is 19.8. The summed E-state index contributed by atoms with van der Waals surface area (Å²) in [6.45, 7) is 0. The minimum Gasteiger partial charge on any atom is -1.00 e. The molecule has 6 aromatic heterocycles. The molecule has 0 unspecified atom stereocenters. The molecule has 0 saturated carbocycles. The molecule has 0 fully saturated rings. The molecule has 0 aliphatic rings. The van der Waals surface area contributed by atoms with Crippen molar-refractivity contribution in [3.63, 3.8) is 0 Å². The summed E-state index contributed by atoms with van der Waals surface area (Å²) in [7, 11) is 0. The van der Waals surface area contributed by atoms with Crippen molar-refractivity contribution in [2.24, 2.45) is 0 Å². The average molecular weight is 568 g/mol. The Morgan fingerprint density at radius 2 is 0.526 bits per heavy atom. The molecular formula is C28H20ClCuN8+. The number of hydrogen-bond acceptors (Lipinski definition) is 8. The van der Waals surface area contributed by atoms with Crippen LogP contribution in [-0.4, -0.2) is 40.3 Å². The van der Waals surface area contributed by atoms with Crippen molar-refractivity contribution in [1.29, 1.82) is 0 Å². The maximum atomic E-state index is 4.23. The first kappa shape index (κ1) is 28.1. The van der Waals surface area contributed by atoms with Gasteiger partial charge in [-0.2, -0.15) is 0 Å². The molecule has 1 radical (unpaired) electrons. The van der Waals surface area contributed by atoms with Crippen LogP contribution in [0.1, 0.15) is 0 Å². The molecule has 8 nitrogen and oxygen atoms in total. The molecule has 6 aromatic rings. The molecule has 0 amide bonds. The van der Waals surface area contributed by atoms with E-state index in [1.54, 1.807) is 24.8 Å². The van der Waals surface area contributed by atoms with Crippen molar-refractivity contribution < 1.29 is 29.5 Å². The predicted octanol–water partition coefficient (Wildman–Crippen LogP) is 2.20. The van der Waals surface area contributed by atoms with Crippen molar-refractivity contribution in [3.05, 3.63) is 122 Å². The Morgan fingerprint density at radius 3 is 0.684 bits per heavy atom. The van der Waals surface area contributed by atoms with Gasteiger partial charge in [-0.1, -0.05) is 24.3 Å². The van der Waals surface area contributed by atoms with Gasteiger partial charge in [0.1, 0.15) is 22.8 Å². The normalized spacial score (nSPS) is 9.68. The SMILES string of the molecule is [Cl-].[Cu+2].c1ccc(-c2ccc(-c3ccccn3)nn2)nc1.c1ccc(-c2ccc(-c3ccccn3)nn2)nc1. The van der Waals surface area contributed by atoms with Crippen LogP contribution in [0.2, 0.25) is 0 Å². The van der Waals surface area contributed by atoms with Crippen molar-refractivity contribution in [2.75, 3.05) is 0 Å². The maximum absolute atomic E-state index is 4.23.